The van der Waals surface area contributed by atoms with Crippen LogP contribution in [0.4, 0.5) is 0 Å². The van der Waals surface area contributed by atoms with E-state index in [1.807, 2.05) is 0 Å². The van der Waals surface area contributed by atoms with E-state index in [-0.39, 0.29) is 29.2 Å². The third-order valence-corrected chi connectivity index (χ3v) is 4.36. The highest BCUT2D eigenvalue weighted by molar-refractivity contribution is 7.91. The first-order valence-corrected chi connectivity index (χ1v) is 6.94. The number of hydrogen-bond donors (Lipinski definition) is 1. The molecule has 0 radical (unpaired) electrons. The minimum atomic E-state index is -2.99. The van der Waals surface area contributed by atoms with Crippen molar-refractivity contribution in [2.24, 2.45) is 0 Å². The maximum atomic E-state index is 11.6. The Morgan fingerprint density at radius 3 is 2.94 bits per heavy atom. The van der Waals surface area contributed by atoms with Crippen molar-refractivity contribution in [2.45, 2.75) is 18.9 Å². The molecule has 1 atom stereocenters. The van der Waals surface area contributed by atoms with Gasteiger partial charge in [-0.3, -0.25) is 4.79 Å². The standard InChI is InChI=1S/C10H13NO4S/c12-10(9-4-1-5-15-9)11-8-3-2-6-16(13,14)7-8/h1,4-5,8H,2-3,6-7H2,(H,11,12). The first-order valence-electron chi connectivity index (χ1n) is 5.12. The quantitative estimate of drug-likeness (QED) is 0.824. The molecule has 88 valence electrons. The van der Waals surface area contributed by atoms with Crippen LogP contribution < -0.4 is 5.32 Å². The summed E-state index contributed by atoms with van der Waals surface area (Å²) in [6, 6.07) is 2.87. The summed E-state index contributed by atoms with van der Waals surface area (Å²) in [5.74, 6) is 0.106. The van der Waals surface area contributed by atoms with E-state index in [0.29, 0.717) is 12.8 Å². The van der Waals surface area contributed by atoms with Crippen LogP contribution in [-0.2, 0) is 9.84 Å². The zero-order valence-electron chi connectivity index (χ0n) is 8.68. The second kappa shape index (κ2) is 4.29. The normalized spacial score (nSPS) is 23.9. The highest BCUT2D eigenvalue weighted by Gasteiger charge is 2.26. The minimum absolute atomic E-state index is 0.0272. The van der Waals surface area contributed by atoms with Gasteiger partial charge in [-0.2, -0.15) is 0 Å². The Labute approximate surface area is 93.7 Å². The summed E-state index contributed by atoms with van der Waals surface area (Å²) in [6.45, 7) is 0. The number of hydrogen-bond acceptors (Lipinski definition) is 4. The van der Waals surface area contributed by atoms with E-state index >= 15 is 0 Å². The maximum absolute atomic E-state index is 11.6. The smallest absolute Gasteiger partial charge is 0.287 e. The van der Waals surface area contributed by atoms with E-state index in [1.54, 1.807) is 12.1 Å². The summed E-state index contributed by atoms with van der Waals surface area (Å²) in [5.41, 5.74) is 0. The monoisotopic (exact) mass is 243 g/mol. The summed E-state index contributed by atoms with van der Waals surface area (Å²) < 4.78 is 27.6. The Hall–Kier alpha value is -1.30. The van der Waals surface area contributed by atoms with Crippen LogP contribution in [0, 0.1) is 0 Å². The molecule has 6 heteroatoms. The van der Waals surface area contributed by atoms with Crippen molar-refractivity contribution in [3.8, 4) is 0 Å². The molecule has 1 amide bonds. The summed E-state index contributed by atoms with van der Waals surface area (Å²) in [5, 5.41) is 2.67. The van der Waals surface area contributed by atoms with Crippen molar-refractivity contribution in [3.05, 3.63) is 24.2 Å². The highest BCUT2D eigenvalue weighted by Crippen LogP contribution is 2.12. The second-order valence-corrected chi connectivity index (χ2v) is 6.13. The van der Waals surface area contributed by atoms with Crippen LogP contribution in [0.5, 0.6) is 0 Å². The summed E-state index contributed by atoms with van der Waals surface area (Å²) in [6.07, 6.45) is 2.71. The number of rotatable bonds is 2. The van der Waals surface area contributed by atoms with Gasteiger partial charge in [0.2, 0.25) is 0 Å². The van der Waals surface area contributed by atoms with Crippen LogP contribution in [0.15, 0.2) is 22.8 Å². The van der Waals surface area contributed by atoms with Gasteiger partial charge in [-0.05, 0) is 25.0 Å². The van der Waals surface area contributed by atoms with Crippen molar-refractivity contribution < 1.29 is 17.6 Å². The molecule has 2 rings (SSSR count). The average molecular weight is 243 g/mol. The van der Waals surface area contributed by atoms with E-state index < -0.39 is 9.84 Å². The van der Waals surface area contributed by atoms with Crippen LogP contribution in [0.2, 0.25) is 0 Å². The van der Waals surface area contributed by atoms with Crippen molar-refractivity contribution in [1.82, 2.24) is 5.32 Å². The van der Waals surface area contributed by atoms with Crippen molar-refractivity contribution in [1.29, 1.82) is 0 Å². The Bertz CT molecular complexity index is 463. The number of amides is 1. The van der Waals surface area contributed by atoms with Gasteiger partial charge in [0.1, 0.15) is 0 Å². The van der Waals surface area contributed by atoms with Gasteiger partial charge in [0.15, 0.2) is 15.6 Å². The third kappa shape index (κ3) is 2.63. The van der Waals surface area contributed by atoms with Crippen molar-refractivity contribution in [3.63, 3.8) is 0 Å². The summed E-state index contributed by atoms with van der Waals surface area (Å²) in [4.78, 5) is 11.6. The molecular weight excluding hydrogens is 230 g/mol. The lowest BCUT2D eigenvalue weighted by Crippen LogP contribution is -2.43. The molecule has 0 bridgehead atoms. The van der Waals surface area contributed by atoms with Crippen LogP contribution in [-0.4, -0.2) is 31.9 Å². The number of carbonyl (C=O) groups is 1. The van der Waals surface area contributed by atoms with Gasteiger partial charge < -0.3 is 9.73 Å². The van der Waals surface area contributed by atoms with E-state index in [9.17, 15) is 13.2 Å². The van der Waals surface area contributed by atoms with Crippen LogP contribution in [0.3, 0.4) is 0 Å². The number of nitrogens with one attached hydrogen (secondary N) is 1. The lowest BCUT2D eigenvalue weighted by Gasteiger charge is -2.22. The van der Waals surface area contributed by atoms with E-state index in [0.717, 1.165) is 0 Å². The summed E-state index contributed by atoms with van der Waals surface area (Å²) in [7, 11) is -2.99. The van der Waals surface area contributed by atoms with Crippen LogP contribution >= 0.6 is 0 Å². The fraction of sp³-hybridized carbons (Fsp3) is 0.500. The fourth-order valence-corrected chi connectivity index (χ4v) is 3.44. The minimum Gasteiger partial charge on any atom is -0.459 e. The van der Waals surface area contributed by atoms with Gasteiger partial charge >= 0.3 is 0 Å². The molecule has 1 aromatic heterocycles. The molecule has 5 nitrogen and oxygen atoms in total. The third-order valence-electron chi connectivity index (χ3n) is 2.54. The van der Waals surface area contributed by atoms with Gasteiger partial charge in [0.25, 0.3) is 5.91 Å². The molecule has 1 fully saturated rings. The van der Waals surface area contributed by atoms with E-state index in [1.165, 1.54) is 6.26 Å². The topological polar surface area (TPSA) is 76.4 Å². The van der Waals surface area contributed by atoms with Crippen LogP contribution in [0.25, 0.3) is 0 Å². The molecule has 16 heavy (non-hydrogen) atoms. The molecule has 1 N–H and O–H groups in total. The molecule has 1 aromatic rings. The molecule has 1 unspecified atom stereocenters. The lowest BCUT2D eigenvalue weighted by molar-refractivity contribution is 0.0910. The van der Waals surface area contributed by atoms with Gasteiger partial charge in [0.05, 0.1) is 17.8 Å². The van der Waals surface area contributed by atoms with Crippen molar-refractivity contribution in [2.75, 3.05) is 11.5 Å². The fourth-order valence-electron chi connectivity index (χ4n) is 1.80. The van der Waals surface area contributed by atoms with Crippen molar-refractivity contribution >= 4 is 15.7 Å². The van der Waals surface area contributed by atoms with Gasteiger partial charge in [0, 0.05) is 6.04 Å². The average Bonchev–Trinajstić information content (AvgIpc) is 2.68. The van der Waals surface area contributed by atoms with Crippen LogP contribution in [0.1, 0.15) is 23.4 Å². The van der Waals surface area contributed by atoms with E-state index in [4.69, 9.17) is 4.42 Å². The zero-order chi connectivity index (χ0) is 11.6. The SMILES string of the molecule is O=C(NC1CCCS(=O)(=O)C1)c1ccco1. The second-order valence-electron chi connectivity index (χ2n) is 3.90. The molecule has 2 heterocycles. The number of sulfone groups is 1. The molecule has 0 saturated carbocycles. The number of furan rings is 1. The summed E-state index contributed by atoms with van der Waals surface area (Å²) >= 11 is 0. The Balaban J connectivity index is 1.98. The Morgan fingerprint density at radius 1 is 1.50 bits per heavy atom. The molecule has 1 saturated heterocycles. The Morgan fingerprint density at radius 2 is 2.31 bits per heavy atom. The highest BCUT2D eigenvalue weighted by atomic mass is 32.2. The van der Waals surface area contributed by atoms with Gasteiger partial charge in [-0.15, -0.1) is 0 Å². The predicted molar refractivity (Wildman–Crippen MR) is 57.9 cm³/mol. The molecule has 0 spiro atoms. The van der Waals surface area contributed by atoms with Gasteiger partial charge in [-0.1, -0.05) is 0 Å². The zero-order valence-corrected chi connectivity index (χ0v) is 9.50. The largest absolute Gasteiger partial charge is 0.459 e. The molecule has 0 aliphatic carbocycles. The molecule has 0 aromatic carbocycles. The number of carbonyl (C=O) groups excluding carboxylic acids is 1. The first-order chi connectivity index (χ1) is 7.57. The molecule has 1 aliphatic heterocycles. The molecular formula is C10H13NO4S. The lowest BCUT2D eigenvalue weighted by atomic mass is 10.2. The Kier molecular flexibility index (Phi) is 3.00. The molecule has 1 aliphatic rings. The van der Waals surface area contributed by atoms with Gasteiger partial charge in [-0.25, -0.2) is 8.42 Å². The first kappa shape index (κ1) is 11.2. The predicted octanol–water partition coefficient (Wildman–Crippen LogP) is 0.587. The maximum Gasteiger partial charge on any atom is 0.287 e. The van der Waals surface area contributed by atoms with E-state index in [2.05, 4.69) is 5.32 Å².